The topological polar surface area (TPSA) is 66.5 Å². The lowest BCUT2D eigenvalue weighted by Gasteiger charge is -2.19. The number of sulfonamides is 1. The molecular weight excluding hydrogens is 288 g/mol. The van der Waals surface area contributed by atoms with Gasteiger partial charge >= 0.3 is 0 Å². The Labute approximate surface area is 127 Å². The maximum atomic E-state index is 11.8. The Bertz CT molecular complexity index is 586. The van der Waals surface area contributed by atoms with E-state index in [1.165, 1.54) is 11.4 Å². The van der Waals surface area contributed by atoms with Gasteiger partial charge in [-0.1, -0.05) is 32.9 Å². The molecule has 6 heteroatoms. The summed E-state index contributed by atoms with van der Waals surface area (Å²) in [6.07, 6.45) is 1.44. The number of benzene rings is 1. The van der Waals surface area contributed by atoms with Crippen LogP contribution >= 0.6 is 0 Å². The first-order chi connectivity index (χ1) is 9.49. The van der Waals surface area contributed by atoms with E-state index < -0.39 is 10.0 Å². The van der Waals surface area contributed by atoms with Gasteiger partial charge in [0.05, 0.1) is 18.4 Å². The second-order valence-corrected chi connectivity index (χ2v) is 8.42. The minimum Gasteiger partial charge on any atom is -0.355 e. The van der Waals surface area contributed by atoms with E-state index in [2.05, 4.69) is 26.1 Å². The molecule has 0 saturated heterocycles. The summed E-state index contributed by atoms with van der Waals surface area (Å²) in [4.78, 5) is 11.8. The molecule has 1 aromatic rings. The van der Waals surface area contributed by atoms with Crippen LogP contribution in [0.4, 0.5) is 5.69 Å². The maximum Gasteiger partial charge on any atom is 0.231 e. The van der Waals surface area contributed by atoms with Crippen LogP contribution in [-0.2, 0) is 21.2 Å². The largest absolute Gasteiger partial charge is 0.355 e. The molecule has 1 amide bonds. The first kappa shape index (κ1) is 17.5. The van der Waals surface area contributed by atoms with Gasteiger partial charge in [0.15, 0.2) is 0 Å². The molecule has 0 aliphatic carbocycles. The molecule has 0 heterocycles. The van der Waals surface area contributed by atoms with Gasteiger partial charge < -0.3 is 5.32 Å². The van der Waals surface area contributed by atoms with Crippen molar-refractivity contribution in [2.45, 2.75) is 27.2 Å². The van der Waals surface area contributed by atoms with Gasteiger partial charge in [-0.25, -0.2) is 8.42 Å². The average molecular weight is 312 g/mol. The van der Waals surface area contributed by atoms with Crippen molar-refractivity contribution in [1.82, 2.24) is 5.32 Å². The van der Waals surface area contributed by atoms with Gasteiger partial charge in [-0.05, 0) is 23.1 Å². The summed E-state index contributed by atoms with van der Waals surface area (Å²) in [6, 6.07) is 6.95. The molecule has 0 aromatic heterocycles. The normalized spacial score (nSPS) is 12.0. The molecule has 0 bridgehead atoms. The Hall–Kier alpha value is -1.56. The lowest BCUT2D eigenvalue weighted by Crippen LogP contribution is -2.33. The van der Waals surface area contributed by atoms with Crippen LogP contribution in [0.15, 0.2) is 24.3 Å². The second kappa shape index (κ2) is 6.47. The van der Waals surface area contributed by atoms with Gasteiger partial charge in [-0.15, -0.1) is 0 Å². The van der Waals surface area contributed by atoms with Crippen molar-refractivity contribution in [2.24, 2.45) is 5.41 Å². The van der Waals surface area contributed by atoms with Gasteiger partial charge in [-0.3, -0.25) is 9.10 Å². The van der Waals surface area contributed by atoms with E-state index in [0.29, 0.717) is 18.7 Å². The summed E-state index contributed by atoms with van der Waals surface area (Å²) >= 11 is 0. The number of hydrogen-bond donors (Lipinski definition) is 1. The predicted molar refractivity (Wildman–Crippen MR) is 85.9 cm³/mol. The van der Waals surface area contributed by atoms with Gasteiger partial charge in [0.25, 0.3) is 0 Å². The van der Waals surface area contributed by atoms with Crippen molar-refractivity contribution in [3.05, 3.63) is 29.8 Å². The molecule has 0 unspecified atom stereocenters. The van der Waals surface area contributed by atoms with E-state index in [1.54, 1.807) is 24.3 Å². The zero-order valence-electron chi connectivity index (χ0n) is 13.3. The first-order valence-electron chi connectivity index (χ1n) is 6.78. The number of carbonyl (C=O) groups is 1. The minimum atomic E-state index is -3.26. The molecule has 1 aromatic carbocycles. The summed E-state index contributed by atoms with van der Waals surface area (Å²) in [7, 11) is -1.76. The smallest absolute Gasteiger partial charge is 0.231 e. The van der Waals surface area contributed by atoms with Crippen LogP contribution in [0.5, 0.6) is 0 Å². The molecule has 118 valence electrons. The van der Waals surface area contributed by atoms with Crippen molar-refractivity contribution >= 4 is 21.6 Å². The lowest BCUT2D eigenvalue weighted by atomic mass is 9.97. The standard InChI is InChI=1S/C15H24N2O3S/c1-15(2,3)11-16-14(18)10-12-6-8-13(9-7-12)17(4)21(5,19)20/h6-9H,10-11H2,1-5H3,(H,16,18). The maximum absolute atomic E-state index is 11.8. The van der Waals surface area contributed by atoms with Crippen molar-refractivity contribution in [3.63, 3.8) is 0 Å². The van der Waals surface area contributed by atoms with Crippen LogP contribution in [0.2, 0.25) is 0 Å². The first-order valence-corrected chi connectivity index (χ1v) is 8.63. The molecule has 21 heavy (non-hydrogen) atoms. The lowest BCUT2D eigenvalue weighted by molar-refractivity contribution is -0.120. The third kappa shape index (κ3) is 6.16. The summed E-state index contributed by atoms with van der Waals surface area (Å²) in [5, 5.41) is 2.89. The summed E-state index contributed by atoms with van der Waals surface area (Å²) in [6.45, 7) is 6.80. The summed E-state index contributed by atoms with van der Waals surface area (Å²) in [5.74, 6) is -0.0332. The molecule has 0 fully saturated rings. The van der Waals surface area contributed by atoms with Gasteiger partial charge in [-0.2, -0.15) is 0 Å². The Morgan fingerprint density at radius 1 is 1.19 bits per heavy atom. The third-order valence-electron chi connectivity index (χ3n) is 2.98. The number of nitrogens with zero attached hydrogens (tertiary/aromatic N) is 1. The molecule has 5 nitrogen and oxygen atoms in total. The second-order valence-electron chi connectivity index (χ2n) is 6.41. The third-order valence-corrected chi connectivity index (χ3v) is 4.18. The van der Waals surface area contributed by atoms with E-state index in [-0.39, 0.29) is 11.3 Å². The quantitative estimate of drug-likeness (QED) is 0.901. The van der Waals surface area contributed by atoms with Crippen LogP contribution in [0, 0.1) is 5.41 Å². The number of amides is 1. The Morgan fingerprint density at radius 3 is 2.14 bits per heavy atom. The van der Waals surface area contributed by atoms with Crippen LogP contribution in [0.25, 0.3) is 0 Å². The van der Waals surface area contributed by atoms with Gasteiger partial charge in [0, 0.05) is 13.6 Å². The van der Waals surface area contributed by atoms with Crippen molar-refractivity contribution in [1.29, 1.82) is 0 Å². The van der Waals surface area contributed by atoms with Crippen molar-refractivity contribution < 1.29 is 13.2 Å². The van der Waals surface area contributed by atoms with Crippen LogP contribution in [0.1, 0.15) is 26.3 Å². The highest BCUT2D eigenvalue weighted by molar-refractivity contribution is 7.92. The van der Waals surface area contributed by atoms with Crippen molar-refractivity contribution in [2.75, 3.05) is 24.2 Å². The summed E-state index contributed by atoms with van der Waals surface area (Å²) < 4.78 is 24.1. The highest BCUT2D eigenvalue weighted by Gasteiger charge is 2.13. The van der Waals surface area contributed by atoms with Gasteiger partial charge in [0.2, 0.25) is 15.9 Å². The average Bonchev–Trinajstić information content (AvgIpc) is 2.34. The highest BCUT2D eigenvalue weighted by atomic mass is 32.2. The number of rotatable bonds is 5. The fraction of sp³-hybridized carbons (Fsp3) is 0.533. The van der Waals surface area contributed by atoms with E-state index in [1.807, 2.05) is 0 Å². The van der Waals surface area contributed by atoms with E-state index in [0.717, 1.165) is 11.8 Å². The molecular formula is C15H24N2O3S. The Morgan fingerprint density at radius 2 is 1.71 bits per heavy atom. The number of hydrogen-bond acceptors (Lipinski definition) is 3. The van der Waals surface area contributed by atoms with Crippen LogP contribution < -0.4 is 9.62 Å². The zero-order chi connectivity index (χ0) is 16.3. The fourth-order valence-electron chi connectivity index (χ4n) is 1.63. The van der Waals surface area contributed by atoms with E-state index in [4.69, 9.17) is 0 Å². The monoisotopic (exact) mass is 312 g/mol. The zero-order valence-corrected chi connectivity index (χ0v) is 14.1. The summed E-state index contributed by atoms with van der Waals surface area (Å²) in [5.41, 5.74) is 1.49. The number of anilines is 1. The van der Waals surface area contributed by atoms with E-state index >= 15 is 0 Å². The molecule has 0 saturated carbocycles. The fourth-order valence-corrected chi connectivity index (χ4v) is 2.13. The molecule has 0 spiro atoms. The Balaban J connectivity index is 2.65. The molecule has 0 aliphatic rings. The van der Waals surface area contributed by atoms with Crippen LogP contribution in [-0.4, -0.2) is 34.2 Å². The Kier molecular flexibility index (Phi) is 5.39. The predicted octanol–water partition coefficient (Wildman–Crippen LogP) is 1.79. The molecule has 1 rings (SSSR count). The SMILES string of the molecule is CN(c1ccc(CC(=O)NCC(C)(C)C)cc1)S(C)(=O)=O. The number of nitrogens with one attached hydrogen (secondary N) is 1. The molecule has 0 aliphatic heterocycles. The molecule has 0 atom stereocenters. The molecule has 0 radical (unpaired) electrons. The highest BCUT2D eigenvalue weighted by Crippen LogP contribution is 2.16. The van der Waals surface area contributed by atoms with E-state index in [9.17, 15) is 13.2 Å². The molecule has 1 N–H and O–H groups in total. The van der Waals surface area contributed by atoms with Gasteiger partial charge in [0.1, 0.15) is 0 Å². The van der Waals surface area contributed by atoms with Crippen molar-refractivity contribution in [3.8, 4) is 0 Å². The minimum absolute atomic E-state index is 0.0332. The van der Waals surface area contributed by atoms with Crippen LogP contribution in [0.3, 0.4) is 0 Å². The number of carbonyl (C=O) groups excluding carboxylic acids is 1.